The number of hydrogen-bond acceptors (Lipinski definition) is 4. The predicted octanol–water partition coefficient (Wildman–Crippen LogP) is 2.67. The van der Waals surface area contributed by atoms with Crippen molar-refractivity contribution in [2.75, 3.05) is 13.7 Å². The molecule has 1 heterocycles. The highest BCUT2D eigenvalue weighted by molar-refractivity contribution is 5.70. The van der Waals surface area contributed by atoms with Gasteiger partial charge in [0, 0.05) is 18.0 Å². The summed E-state index contributed by atoms with van der Waals surface area (Å²) in [6.07, 6.45) is 3.18. The van der Waals surface area contributed by atoms with E-state index in [0.29, 0.717) is 0 Å². The first kappa shape index (κ1) is 14.2. The zero-order valence-electron chi connectivity index (χ0n) is 11.6. The highest BCUT2D eigenvalue weighted by Crippen LogP contribution is 2.27. The molecule has 2 aromatic rings. The number of carbonyl (C=O) groups is 1. The van der Waals surface area contributed by atoms with Gasteiger partial charge < -0.3 is 9.47 Å². The van der Waals surface area contributed by atoms with E-state index in [4.69, 9.17) is 4.74 Å². The lowest BCUT2D eigenvalue weighted by molar-refractivity contribution is -0.147. The Balaban J connectivity index is 2.30. The van der Waals surface area contributed by atoms with Gasteiger partial charge in [-0.05, 0) is 24.1 Å². The molecule has 2 rings (SSSR count). The molecule has 0 saturated carbocycles. The van der Waals surface area contributed by atoms with E-state index in [0.717, 1.165) is 16.7 Å². The number of carbonyl (C=O) groups excluding carboxylic acids is 1. The molecule has 0 radical (unpaired) electrons. The SMILES string of the molecule is COC(=O)COC(c1ccccc1)c1cnccc1C. The summed E-state index contributed by atoms with van der Waals surface area (Å²) in [6, 6.07) is 11.7. The van der Waals surface area contributed by atoms with Gasteiger partial charge >= 0.3 is 5.97 Å². The fourth-order valence-electron chi connectivity index (χ4n) is 1.95. The van der Waals surface area contributed by atoms with Crippen LogP contribution in [-0.2, 0) is 14.3 Å². The van der Waals surface area contributed by atoms with Gasteiger partial charge in [0.2, 0.25) is 0 Å². The number of aryl methyl sites for hydroxylation is 1. The van der Waals surface area contributed by atoms with Crippen molar-refractivity contribution in [2.45, 2.75) is 13.0 Å². The van der Waals surface area contributed by atoms with Crippen LogP contribution in [0.15, 0.2) is 48.8 Å². The molecule has 1 unspecified atom stereocenters. The molecule has 0 spiro atoms. The number of esters is 1. The number of methoxy groups -OCH3 is 1. The lowest BCUT2D eigenvalue weighted by atomic mass is 9.99. The minimum absolute atomic E-state index is 0.0929. The van der Waals surface area contributed by atoms with Crippen molar-refractivity contribution in [3.63, 3.8) is 0 Å². The van der Waals surface area contributed by atoms with Gasteiger partial charge in [0.1, 0.15) is 12.7 Å². The molecule has 0 bridgehead atoms. The van der Waals surface area contributed by atoms with Gasteiger partial charge in [0.25, 0.3) is 0 Å². The van der Waals surface area contributed by atoms with Crippen molar-refractivity contribution in [3.05, 3.63) is 65.5 Å². The van der Waals surface area contributed by atoms with Crippen molar-refractivity contribution in [1.29, 1.82) is 0 Å². The maximum Gasteiger partial charge on any atom is 0.331 e. The number of ether oxygens (including phenoxy) is 2. The highest BCUT2D eigenvalue weighted by atomic mass is 16.6. The van der Waals surface area contributed by atoms with E-state index in [1.54, 1.807) is 12.4 Å². The van der Waals surface area contributed by atoms with Gasteiger partial charge in [-0.15, -0.1) is 0 Å². The van der Waals surface area contributed by atoms with Crippen molar-refractivity contribution in [2.24, 2.45) is 0 Å². The summed E-state index contributed by atoms with van der Waals surface area (Å²) in [4.78, 5) is 15.4. The average Bonchev–Trinajstić information content (AvgIpc) is 2.50. The van der Waals surface area contributed by atoms with Crippen LogP contribution in [0.25, 0.3) is 0 Å². The molecule has 0 aliphatic carbocycles. The van der Waals surface area contributed by atoms with Gasteiger partial charge in [0.15, 0.2) is 0 Å². The second kappa shape index (κ2) is 6.82. The third-order valence-electron chi connectivity index (χ3n) is 3.06. The summed E-state index contributed by atoms with van der Waals surface area (Å²) in [5, 5.41) is 0. The fourth-order valence-corrected chi connectivity index (χ4v) is 1.95. The number of nitrogens with zero attached hydrogens (tertiary/aromatic N) is 1. The van der Waals surface area contributed by atoms with Crippen molar-refractivity contribution in [1.82, 2.24) is 4.98 Å². The Morgan fingerprint density at radius 3 is 2.65 bits per heavy atom. The van der Waals surface area contributed by atoms with Crippen LogP contribution in [-0.4, -0.2) is 24.7 Å². The lowest BCUT2D eigenvalue weighted by Crippen LogP contribution is -2.16. The monoisotopic (exact) mass is 271 g/mol. The molecule has 4 nitrogen and oxygen atoms in total. The summed E-state index contributed by atoms with van der Waals surface area (Å²) >= 11 is 0. The lowest BCUT2D eigenvalue weighted by Gasteiger charge is -2.19. The third kappa shape index (κ3) is 3.42. The Labute approximate surface area is 118 Å². The van der Waals surface area contributed by atoms with E-state index in [9.17, 15) is 4.79 Å². The third-order valence-corrected chi connectivity index (χ3v) is 3.06. The molecular weight excluding hydrogens is 254 g/mol. The van der Waals surface area contributed by atoms with Crippen molar-refractivity contribution >= 4 is 5.97 Å². The van der Waals surface area contributed by atoms with Gasteiger partial charge in [-0.2, -0.15) is 0 Å². The number of rotatable bonds is 5. The van der Waals surface area contributed by atoms with Crippen LogP contribution >= 0.6 is 0 Å². The maximum absolute atomic E-state index is 11.3. The summed E-state index contributed by atoms with van der Waals surface area (Å²) in [6.45, 7) is 1.90. The van der Waals surface area contributed by atoms with Crippen molar-refractivity contribution in [3.8, 4) is 0 Å². The molecule has 1 atom stereocenters. The Bertz CT molecular complexity index is 569. The van der Waals surface area contributed by atoms with Gasteiger partial charge in [-0.1, -0.05) is 30.3 Å². The molecule has 0 amide bonds. The molecule has 20 heavy (non-hydrogen) atoms. The first-order chi connectivity index (χ1) is 9.72. The van der Waals surface area contributed by atoms with Crippen LogP contribution < -0.4 is 0 Å². The normalized spacial score (nSPS) is 11.9. The zero-order chi connectivity index (χ0) is 14.4. The smallest absolute Gasteiger partial charge is 0.331 e. The highest BCUT2D eigenvalue weighted by Gasteiger charge is 2.18. The fraction of sp³-hybridized carbons (Fsp3) is 0.250. The number of benzene rings is 1. The van der Waals surface area contributed by atoms with Crippen LogP contribution in [0.1, 0.15) is 22.8 Å². The first-order valence-electron chi connectivity index (χ1n) is 6.36. The molecule has 4 heteroatoms. The van der Waals surface area contributed by atoms with Gasteiger partial charge in [-0.25, -0.2) is 4.79 Å². The molecule has 0 fully saturated rings. The van der Waals surface area contributed by atoms with E-state index in [1.807, 2.05) is 43.3 Å². The second-order valence-electron chi connectivity index (χ2n) is 4.41. The molecule has 1 aromatic carbocycles. The van der Waals surface area contributed by atoms with Crippen LogP contribution in [0.4, 0.5) is 0 Å². The van der Waals surface area contributed by atoms with Gasteiger partial charge in [0.05, 0.1) is 7.11 Å². The molecule has 104 valence electrons. The second-order valence-corrected chi connectivity index (χ2v) is 4.41. The van der Waals surface area contributed by atoms with E-state index < -0.39 is 5.97 Å². The summed E-state index contributed by atoms with van der Waals surface area (Å²) in [5.41, 5.74) is 2.99. The van der Waals surface area contributed by atoms with Crippen LogP contribution in [0.5, 0.6) is 0 Å². The first-order valence-corrected chi connectivity index (χ1v) is 6.36. The van der Waals surface area contributed by atoms with E-state index >= 15 is 0 Å². The summed E-state index contributed by atoms with van der Waals surface area (Å²) < 4.78 is 10.4. The molecular formula is C16H17NO3. The average molecular weight is 271 g/mol. The van der Waals surface area contributed by atoms with E-state index in [1.165, 1.54) is 7.11 Å². The van der Waals surface area contributed by atoms with E-state index in [-0.39, 0.29) is 12.7 Å². The van der Waals surface area contributed by atoms with E-state index in [2.05, 4.69) is 9.72 Å². The Kier molecular flexibility index (Phi) is 4.85. The molecule has 0 saturated heterocycles. The Hall–Kier alpha value is -2.20. The molecule has 1 aromatic heterocycles. The Morgan fingerprint density at radius 2 is 2.00 bits per heavy atom. The van der Waals surface area contributed by atoms with Crippen LogP contribution in [0, 0.1) is 6.92 Å². The van der Waals surface area contributed by atoms with Gasteiger partial charge in [-0.3, -0.25) is 4.98 Å². The minimum atomic E-state index is -0.396. The maximum atomic E-state index is 11.3. The minimum Gasteiger partial charge on any atom is -0.467 e. The molecule has 0 aliphatic heterocycles. The number of aromatic nitrogens is 1. The van der Waals surface area contributed by atoms with Crippen LogP contribution in [0.2, 0.25) is 0 Å². The molecule has 0 N–H and O–H groups in total. The quantitative estimate of drug-likeness (QED) is 0.784. The van der Waals surface area contributed by atoms with Crippen molar-refractivity contribution < 1.29 is 14.3 Å². The largest absolute Gasteiger partial charge is 0.467 e. The van der Waals surface area contributed by atoms with Crippen LogP contribution in [0.3, 0.4) is 0 Å². The number of hydrogen-bond donors (Lipinski definition) is 0. The number of pyridine rings is 1. The summed E-state index contributed by atoms with van der Waals surface area (Å²) in [5.74, 6) is -0.396. The summed E-state index contributed by atoms with van der Waals surface area (Å²) in [7, 11) is 1.35. The Morgan fingerprint density at radius 1 is 1.25 bits per heavy atom. The predicted molar refractivity (Wildman–Crippen MR) is 75.2 cm³/mol. The zero-order valence-corrected chi connectivity index (χ0v) is 11.6. The molecule has 0 aliphatic rings. The topological polar surface area (TPSA) is 48.4 Å². The standard InChI is InChI=1S/C16H17NO3/c1-12-8-9-17-10-14(12)16(20-11-15(18)19-2)13-6-4-3-5-7-13/h3-10,16H,11H2,1-2H3.